The molecule has 0 aliphatic carbocycles. The van der Waals surface area contributed by atoms with Crippen LogP contribution >= 0.6 is 0 Å². The minimum Gasteiger partial charge on any atom is -0.462 e. The Hall–Kier alpha value is -3.67. The standard InChI is InChI=1S/C54H88O6/c1-4-7-10-13-16-18-20-22-24-26-27-29-30-32-34-36-38-41-44-47-53(56)59-50-51(49-58-52(55)46-43-40-15-12-9-6-3)60-54(57)48-45-42-39-37-35-33-31-28-25-23-21-19-17-14-11-8-5-2/h7-8,10-11,16-19,22-25,27,29,31,33,51H,4-6,9,12-15,20-21,26,28,30,32,34-50H2,1-3H3/b10-7-,11-8-,18-16-,19-17-,24-22-,25-23-,29-27-,33-31-. The van der Waals surface area contributed by atoms with Crippen LogP contribution in [0.1, 0.15) is 207 Å². The van der Waals surface area contributed by atoms with Gasteiger partial charge in [-0.1, -0.05) is 189 Å². The SMILES string of the molecule is CC/C=C\C/C=C\C/C=C\C/C=C\CCCCCCCCC(=O)OCC(COC(=O)CCCCCCCC)OC(=O)CCCCCC/C=C\C/C=C\C/C=C\C/C=C\CC. The molecule has 0 saturated carbocycles. The van der Waals surface area contributed by atoms with E-state index in [0.29, 0.717) is 19.3 Å². The summed E-state index contributed by atoms with van der Waals surface area (Å²) in [4.78, 5) is 37.7. The van der Waals surface area contributed by atoms with Crippen LogP contribution in [0.5, 0.6) is 0 Å². The monoisotopic (exact) mass is 833 g/mol. The lowest BCUT2D eigenvalue weighted by atomic mass is 10.1. The summed E-state index contributed by atoms with van der Waals surface area (Å²) in [5, 5.41) is 0. The first kappa shape index (κ1) is 56.3. The van der Waals surface area contributed by atoms with Crippen LogP contribution in [0.15, 0.2) is 97.2 Å². The number of ether oxygens (including phenoxy) is 3. The molecular formula is C54H88O6. The molecule has 0 rings (SSSR count). The molecule has 1 unspecified atom stereocenters. The van der Waals surface area contributed by atoms with Crippen molar-refractivity contribution in [1.82, 2.24) is 0 Å². The molecule has 0 aliphatic heterocycles. The maximum atomic E-state index is 12.7. The van der Waals surface area contributed by atoms with Crippen LogP contribution in [-0.4, -0.2) is 37.2 Å². The molecule has 1 atom stereocenters. The van der Waals surface area contributed by atoms with Gasteiger partial charge in [0.2, 0.25) is 0 Å². The first-order chi connectivity index (χ1) is 29.5. The first-order valence-electron chi connectivity index (χ1n) is 24.2. The van der Waals surface area contributed by atoms with Crippen molar-refractivity contribution in [1.29, 1.82) is 0 Å². The average molecular weight is 833 g/mol. The Balaban J connectivity index is 4.33. The maximum absolute atomic E-state index is 12.7. The molecule has 6 heteroatoms. The van der Waals surface area contributed by atoms with E-state index < -0.39 is 6.10 Å². The zero-order valence-electron chi connectivity index (χ0n) is 38.7. The maximum Gasteiger partial charge on any atom is 0.306 e. The molecule has 0 aromatic heterocycles. The van der Waals surface area contributed by atoms with Gasteiger partial charge in [0.25, 0.3) is 0 Å². The largest absolute Gasteiger partial charge is 0.462 e. The smallest absolute Gasteiger partial charge is 0.306 e. The van der Waals surface area contributed by atoms with E-state index in [1.807, 2.05) is 0 Å². The van der Waals surface area contributed by atoms with E-state index in [1.54, 1.807) is 0 Å². The predicted octanol–water partition coefficient (Wildman–Crippen LogP) is 15.8. The molecule has 340 valence electrons. The molecule has 0 radical (unpaired) electrons. The van der Waals surface area contributed by atoms with Gasteiger partial charge in [-0.15, -0.1) is 0 Å². The molecular weight excluding hydrogens is 745 g/mol. The van der Waals surface area contributed by atoms with Crippen molar-refractivity contribution in [2.75, 3.05) is 13.2 Å². The van der Waals surface area contributed by atoms with Gasteiger partial charge in [-0.3, -0.25) is 14.4 Å². The molecule has 0 aliphatic rings. The van der Waals surface area contributed by atoms with Gasteiger partial charge in [-0.2, -0.15) is 0 Å². The van der Waals surface area contributed by atoms with E-state index in [4.69, 9.17) is 14.2 Å². The summed E-state index contributed by atoms with van der Waals surface area (Å²) in [5.41, 5.74) is 0. The van der Waals surface area contributed by atoms with Crippen molar-refractivity contribution in [2.45, 2.75) is 213 Å². The lowest BCUT2D eigenvalue weighted by Gasteiger charge is -2.18. The topological polar surface area (TPSA) is 78.9 Å². The van der Waals surface area contributed by atoms with E-state index in [0.717, 1.165) is 135 Å². The summed E-state index contributed by atoms with van der Waals surface area (Å²) in [6.45, 7) is 6.30. The third kappa shape index (κ3) is 45.4. The Morgan fingerprint density at radius 1 is 0.350 bits per heavy atom. The summed E-state index contributed by atoms with van der Waals surface area (Å²) in [6.07, 6.45) is 62.7. The molecule has 0 fully saturated rings. The minimum absolute atomic E-state index is 0.0938. The Labute approximate surface area is 368 Å². The Morgan fingerprint density at radius 3 is 1.02 bits per heavy atom. The highest BCUT2D eigenvalue weighted by molar-refractivity contribution is 5.71. The zero-order chi connectivity index (χ0) is 43.7. The number of hydrogen-bond acceptors (Lipinski definition) is 6. The fourth-order valence-corrected chi connectivity index (χ4v) is 6.25. The van der Waals surface area contributed by atoms with Gasteiger partial charge in [0.15, 0.2) is 6.10 Å². The van der Waals surface area contributed by atoms with Crippen molar-refractivity contribution >= 4 is 17.9 Å². The van der Waals surface area contributed by atoms with Crippen LogP contribution in [-0.2, 0) is 28.6 Å². The second kappa shape index (κ2) is 48.0. The molecule has 60 heavy (non-hydrogen) atoms. The summed E-state index contributed by atoms with van der Waals surface area (Å²) >= 11 is 0. The van der Waals surface area contributed by atoms with Crippen LogP contribution in [0.2, 0.25) is 0 Å². The van der Waals surface area contributed by atoms with E-state index in [-0.39, 0.29) is 31.1 Å². The van der Waals surface area contributed by atoms with Gasteiger partial charge in [0, 0.05) is 19.3 Å². The lowest BCUT2D eigenvalue weighted by Crippen LogP contribution is -2.30. The minimum atomic E-state index is -0.793. The van der Waals surface area contributed by atoms with Crippen molar-refractivity contribution in [3.8, 4) is 0 Å². The summed E-state index contributed by atoms with van der Waals surface area (Å²) in [7, 11) is 0. The number of hydrogen-bond donors (Lipinski definition) is 0. The molecule has 0 aromatic rings. The van der Waals surface area contributed by atoms with Gasteiger partial charge in [0.05, 0.1) is 0 Å². The number of carbonyl (C=O) groups is 3. The Bertz CT molecular complexity index is 1230. The number of allylic oxidation sites excluding steroid dienone is 16. The third-order valence-corrected chi connectivity index (χ3v) is 9.83. The van der Waals surface area contributed by atoms with Crippen molar-refractivity contribution in [3.63, 3.8) is 0 Å². The molecule has 0 spiro atoms. The van der Waals surface area contributed by atoms with Crippen molar-refractivity contribution in [3.05, 3.63) is 97.2 Å². The van der Waals surface area contributed by atoms with Crippen LogP contribution < -0.4 is 0 Å². The van der Waals surface area contributed by atoms with Crippen LogP contribution in [0, 0.1) is 0 Å². The van der Waals surface area contributed by atoms with E-state index in [2.05, 4.69) is 118 Å². The zero-order valence-corrected chi connectivity index (χ0v) is 38.7. The second-order valence-electron chi connectivity index (χ2n) is 15.6. The average Bonchev–Trinajstić information content (AvgIpc) is 3.24. The third-order valence-electron chi connectivity index (χ3n) is 9.83. The Kier molecular flexibility index (Phi) is 45.1. The van der Waals surface area contributed by atoms with Crippen LogP contribution in [0.3, 0.4) is 0 Å². The first-order valence-corrected chi connectivity index (χ1v) is 24.2. The van der Waals surface area contributed by atoms with Crippen LogP contribution in [0.4, 0.5) is 0 Å². The molecule has 0 aromatic carbocycles. The molecule has 0 heterocycles. The van der Waals surface area contributed by atoms with Gasteiger partial charge in [0.1, 0.15) is 13.2 Å². The van der Waals surface area contributed by atoms with E-state index >= 15 is 0 Å². The van der Waals surface area contributed by atoms with Crippen molar-refractivity contribution in [2.24, 2.45) is 0 Å². The summed E-state index contributed by atoms with van der Waals surface area (Å²) < 4.78 is 16.6. The number of esters is 3. The normalized spacial score (nSPS) is 12.9. The quantitative estimate of drug-likeness (QED) is 0.0264. The number of carbonyl (C=O) groups excluding carboxylic acids is 3. The van der Waals surface area contributed by atoms with E-state index in [1.165, 1.54) is 32.1 Å². The molecule has 0 bridgehead atoms. The van der Waals surface area contributed by atoms with E-state index in [9.17, 15) is 14.4 Å². The molecule has 0 amide bonds. The van der Waals surface area contributed by atoms with Crippen molar-refractivity contribution < 1.29 is 28.6 Å². The molecule has 6 nitrogen and oxygen atoms in total. The van der Waals surface area contributed by atoms with Gasteiger partial charge in [-0.05, 0) is 96.3 Å². The lowest BCUT2D eigenvalue weighted by molar-refractivity contribution is -0.167. The van der Waals surface area contributed by atoms with Gasteiger partial charge in [-0.25, -0.2) is 0 Å². The fraction of sp³-hybridized carbons (Fsp3) is 0.648. The molecule has 0 saturated heterocycles. The number of rotatable bonds is 42. The second-order valence-corrected chi connectivity index (χ2v) is 15.6. The fourth-order valence-electron chi connectivity index (χ4n) is 6.25. The summed E-state index contributed by atoms with van der Waals surface area (Å²) in [6, 6.07) is 0. The highest BCUT2D eigenvalue weighted by Crippen LogP contribution is 2.13. The predicted molar refractivity (Wildman–Crippen MR) is 256 cm³/mol. The van der Waals surface area contributed by atoms with Gasteiger partial charge < -0.3 is 14.2 Å². The van der Waals surface area contributed by atoms with Gasteiger partial charge >= 0.3 is 17.9 Å². The Morgan fingerprint density at radius 2 is 0.650 bits per heavy atom. The highest BCUT2D eigenvalue weighted by Gasteiger charge is 2.19. The van der Waals surface area contributed by atoms with Crippen LogP contribution in [0.25, 0.3) is 0 Å². The highest BCUT2D eigenvalue weighted by atomic mass is 16.6. The molecule has 0 N–H and O–H groups in total. The summed E-state index contributed by atoms with van der Waals surface area (Å²) in [5.74, 6) is -0.949. The number of unbranched alkanes of at least 4 members (excludes halogenated alkanes) is 15.